The summed E-state index contributed by atoms with van der Waals surface area (Å²) in [6, 6.07) is 4.50. The van der Waals surface area contributed by atoms with Gasteiger partial charge in [-0.15, -0.1) is 0 Å². The second kappa shape index (κ2) is 5.99. The fourth-order valence-corrected chi connectivity index (χ4v) is 3.04. The van der Waals surface area contributed by atoms with Crippen molar-refractivity contribution in [3.05, 3.63) is 49.6 Å². The molecule has 5 nitrogen and oxygen atoms in total. The number of aromatic nitrogens is 1. The lowest BCUT2D eigenvalue weighted by molar-refractivity contribution is 0.0698. The van der Waals surface area contributed by atoms with Crippen LogP contribution in [0, 0.1) is 0 Å². The molecule has 0 aliphatic carbocycles. The van der Waals surface area contributed by atoms with Gasteiger partial charge in [0, 0.05) is 15.1 Å². The van der Waals surface area contributed by atoms with E-state index in [0.29, 0.717) is 14.0 Å². The minimum absolute atomic E-state index is 0.0303. The van der Waals surface area contributed by atoms with E-state index < -0.39 is 11.9 Å². The molecule has 8 heteroatoms. The number of hydrogen-bond acceptors (Lipinski definition) is 2. The highest BCUT2D eigenvalue weighted by atomic mass is 79.9. The number of carboxylic acids is 1. The molecule has 2 rings (SSSR count). The van der Waals surface area contributed by atoms with E-state index in [1.54, 1.807) is 6.07 Å². The van der Waals surface area contributed by atoms with Crippen molar-refractivity contribution in [1.29, 1.82) is 0 Å². The fourth-order valence-electron chi connectivity index (χ4n) is 1.55. The van der Waals surface area contributed by atoms with Gasteiger partial charge >= 0.3 is 5.97 Å². The molecule has 3 N–H and O–H groups in total. The van der Waals surface area contributed by atoms with Crippen LogP contribution in [0.4, 0.5) is 5.69 Å². The number of halogens is 3. The van der Waals surface area contributed by atoms with Crippen LogP contribution >= 0.6 is 43.5 Å². The Morgan fingerprint density at radius 3 is 2.50 bits per heavy atom. The summed E-state index contributed by atoms with van der Waals surface area (Å²) >= 11 is 12.1. The Bertz CT molecular complexity index is 700. The van der Waals surface area contributed by atoms with E-state index in [9.17, 15) is 14.7 Å². The second-order valence-electron chi connectivity index (χ2n) is 3.80. The number of carbonyl (C=O) groups is 2. The Balaban J connectivity index is 2.38. The Hall–Kier alpha value is -1.31. The standard InChI is InChI=1S/C12H7Br2ClN2O3/c13-5-1-7(12(19)20)10(8(14)2-5)17-11(18)9-3-6(15)4-16-9/h1-4,16H,(H,17,18)(H,19,20). The summed E-state index contributed by atoms with van der Waals surface area (Å²) in [7, 11) is 0. The number of aromatic amines is 1. The molecule has 0 aliphatic rings. The first-order chi connectivity index (χ1) is 9.38. The Morgan fingerprint density at radius 2 is 1.95 bits per heavy atom. The van der Waals surface area contributed by atoms with Gasteiger partial charge in [-0.05, 0) is 34.1 Å². The second-order valence-corrected chi connectivity index (χ2v) is 6.01. The summed E-state index contributed by atoms with van der Waals surface area (Å²) in [5.41, 5.74) is 0.384. The van der Waals surface area contributed by atoms with Crippen LogP contribution in [-0.4, -0.2) is 22.0 Å². The number of H-pyrrole nitrogens is 1. The number of carbonyl (C=O) groups excluding carboxylic acids is 1. The van der Waals surface area contributed by atoms with Crippen molar-refractivity contribution < 1.29 is 14.7 Å². The zero-order valence-electron chi connectivity index (χ0n) is 9.71. The zero-order chi connectivity index (χ0) is 14.9. The molecule has 0 fully saturated rings. The largest absolute Gasteiger partial charge is 0.478 e. The molecular weight excluding hydrogens is 415 g/mol. The number of carboxylic acid groups (broad SMARTS) is 1. The number of benzene rings is 1. The van der Waals surface area contributed by atoms with E-state index in [4.69, 9.17) is 11.6 Å². The van der Waals surface area contributed by atoms with Crippen LogP contribution in [0.25, 0.3) is 0 Å². The van der Waals surface area contributed by atoms with Crippen molar-refractivity contribution in [3.63, 3.8) is 0 Å². The van der Waals surface area contributed by atoms with Crippen LogP contribution in [0.1, 0.15) is 20.8 Å². The van der Waals surface area contributed by atoms with Gasteiger partial charge in [-0.25, -0.2) is 4.79 Å². The Morgan fingerprint density at radius 1 is 1.25 bits per heavy atom. The van der Waals surface area contributed by atoms with E-state index in [2.05, 4.69) is 42.2 Å². The third-order valence-corrected chi connectivity index (χ3v) is 3.72. The molecular formula is C12H7Br2ClN2O3. The smallest absolute Gasteiger partial charge is 0.337 e. The fraction of sp³-hybridized carbons (Fsp3) is 0. The average molecular weight is 422 g/mol. The number of hydrogen-bond donors (Lipinski definition) is 3. The summed E-state index contributed by atoms with van der Waals surface area (Å²) in [4.78, 5) is 25.9. The van der Waals surface area contributed by atoms with Crippen molar-refractivity contribution in [1.82, 2.24) is 4.98 Å². The molecule has 1 heterocycles. The van der Waals surface area contributed by atoms with Crippen LogP contribution in [0.2, 0.25) is 5.02 Å². The van der Waals surface area contributed by atoms with Gasteiger partial charge in [0.05, 0.1) is 16.3 Å². The lowest BCUT2D eigenvalue weighted by Crippen LogP contribution is -2.15. The summed E-state index contributed by atoms with van der Waals surface area (Å²) in [5.74, 6) is -1.63. The summed E-state index contributed by atoms with van der Waals surface area (Å²) < 4.78 is 1.04. The van der Waals surface area contributed by atoms with E-state index >= 15 is 0 Å². The van der Waals surface area contributed by atoms with Crippen molar-refractivity contribution in [3.8, 4) is 0 Å². The number of anilines is 1. The quantitative estimate of drug-likeness (QED) is 0.695. The molecule has 1 aromatic carbocycles. The van der Waals surface area contributed by atoms with Crippen LogP contribution in [0.5, 0.6) is 0 Å². The lowest BCUT2D eigenvalue weighted by atomic mass is 10.1. The maximum absolute atomic E-state index is 12.0. The predicted molar refractivity (Wildman–Crippen MR) is 82.6 cm³/mol. The topological polar surface area (TPSA) is 82.2 Å². The molecule has 0 spiro atoms. The summed E-state index contributed by atoms with van der Waals surface area (Å²) in [6.07, 6.45) is 1.46. The minimum atomic E-state index is -1.15. The first kappa shape index (κ1) is 15.1. The van der Waals surface area contributed by atoms with Gasteiger partial charge in [-0.3, -0.25) is 4.79 Å². The lowest BCUT2D eigenvalue weighted by Gasteiger charge is -2.10. The van der Waals surface area contributed by atoms with Crippen molar-refractivity contribution in [2.24, 2.45) is 0 Å². The predicted octanol–water partition coefficient (Wildman–Crippen LogP) is 4.14. The highest BCUT2D eigenvalue weighted by molar-refractivity contribution is 9.11. The van der Waals surface area contributed by atoms with Crippen molar-refractivity contribution >= 4 is 61.0 Å². The maximum atomic E-state index is 12.0. The molecule has 0 unspecified atom stereocenters. The molecule has 0 atom stereocenters. The van der Waals surface area contributed by atoms with Gasteiger partial charge < -0.3 is 15.4 Å². The molecule has 0 bridgehead atoms. The average Bonchev–Trinajstić information content (AvgIpc) is 2.78. The van der Waals surface area contributed by atoms with Crippen molar-refractivity contribution in [2.75, 3.05) is 5.32 Å². The highest BCUT2D eigenvalue weighted by Gasteiger charge is 2.18. The van der Waals surface area contributed by atoms with Crippen molar-refractivity contribution in [2.45, 2.75) is 0 Å². The van der Waals surface area contributed by atoms with Gasteiger partial charge in [0.2, 0.25) is 0 Å². The number of nitrogens with one attached hydrogen (secondary N) is 2. The number of aromatic carboxylic acids is 1. The maximum Gasteiger partial charge on any atom is 0.337 e. The third kappa shape index (κ3) is 3.23. The first-order valence-corrected chi connectivity index (χ1v) is 7.22. The van der Waals surface area contributed by atoms with E-state index in [1.165, 1.54) is 18.3 Å². The monoisotopic (exact) mass is 420 g/mol. The summed E-state index contributed by atoms with van der Waals surface area (Å²) in [6.45, 7) is 0. The molecule has 2 aromatic rings. The molecule has 0 radical (unpaired) electrons. The van der Waals surface area contributed by atoms with Gasteiger partial charge in [0.15, 0.2) is 0 Å². The molecule has 0 saturated carbocycles. The van der Waals surface area contributed by atoms with Crippen LogP contribution in [-0.2, 0) is 0 Å². The molecule has 20 heavy (non-hydrogen) atoms. The van der Waals surface area contributed by atoms with Gasteiger partial charge in [-0.1, -0.05) is 27.5 Å². The SMILES string of the molecule is O=C(Nc1c(Br)cc(Br)cc1C(=O)O)c1cc(Cl)c[nH]1. The molecule has 104 valence electrons. The van der Waals surface area contributed by atoms with Crippen LogP contribution in [0.15, 0.2) is 33.3 Å². The Labute approximate surface area is 135 Å². The van der Waals surface area contributed by atoms with Gasteiger partial charge in [-0.2, -0.15) is 0 Å². The normalized spacial score (nSPS) is 10.3. The Kier molecular flexibility index (Phi) is 4.52. The highest BCUT2D eigenvalue weighted by Crippen LogP contribution is 2.31. The molecule has 1 aromatic heterocycles. The minimum Gasteiger partial charge on any atom is -0.478 e. The van der Waals surface area contributed by atoms with Crippen LogP contribution < -0.4 is 5.32 Å². The zero-order valence-corrected chi connectivity index (χ0v) is 13.6. The molecule has 0 saturated heterocycles. The van der Waals surface area contributed by atoms with E-state index in [-0.39, 0.29) is 16.9 Å². The van der Waals surface area contributed by atoms with Gasteiger partial charge in [0.25, 0.3) is 5.91 Å². The number of rotatable bonds is 3. The third-order valence-electron chi connectivity index (χ3n) is 2.42. The van der Waals surface area contributed by atoms with E-state index in [0.717, 1.165) is 0 Å². The molecule has 0 aliphatic heterocycles. The molecule has 1 amide bonds. The number of amides is 1. The summed E-state index contributed by atoms with van der Waals surface area (Å²) in [5, 5.41) is 12.1. The van der Waals surface area contributed by atoms with Crippen LogP contribution in [0.3, 0.4) is 0 Å². The van der Waals surface area contributed by atoms with Gasteiger partial charge in [0.1, 0.15) is 5.69 Å². The first-order valence-electron chi connectivity index (χ1n) is 5.26. The van der Waals surface area contributed by atoms with E-state index in [1.807, 2.05) is 0 Å².